The van der Waals surface area contributed by atoms with E-state index < -0.39 is 24.3 Å². The number of aliphatic carboxylic acids is 1. The molecule has 0 saturated carbocycles. The number of benzene rings is 2. The van der Waals surface area contributed by atoms with Gasteiger partial charge in [-0.1, -0.05) is 54.6 Å². The highest BCUT2D eigenvalue weighted by Crippen LogP contribution is 2.40. The summed E-state index contributed by atoms with van der Waals surface area (Å²) in [5.41, 5.74) is 7.76. The van der Waals surface area contributed by atoms with Crippen molar-refractivity contribution in [2.24, 2.45) is 5.73 Å². The molecule has 0 bridgehead atoms. The summed E-state index contributed by atoms with van der Waals surface area (Å²) in [7, 11) is 0. The molecule has 2 aromatic carbocycles. The summed E-state index contributed by atoms with van der Waals surface area (Å²) in [6.45, 7) is 1.63. The second-order valence-electron chi connectivity index (χ2n) is 7.55. The van der Waals surface area contributed by atoms with E-state index in [-0.39, 0.29) is 11.3 Å². The first kappa shape index (κ1) is 21.1. The number of hydrogen-bond acceptors (Lipinski definition) is 4. The number of aromatic nitrogens is 1. The largest absolute Gasteiger partial charge is 0.481 e. The van der Waals surface area contributed by atoms with Gasteiger partial charge in [0.15, 0.2) is 6.61 Å². The van der Waals surface area contributed by atoms with E-state index in [0.717, 1.165) is 17.4 Å². The minimum atomic E-state index is -1.15. The molecule has 1 amide bonds. The molecule has 0 fully saturated rings. The van der Waals surface area contributed by atoms with Crippen LogP contribution in [0.2, 0.25) is 0 Å². The Kier molecular flexibility index (Phi) is 5.64. The number of amides is 1. The summed E-state index contributed by atoms with van der Waals surface area (Å²) in [5, 5.41) is 11.1. The number of carbonyl (C=O) groups excluding carboxylic acids is 2. The maximum Gasteiger partial charge on any atom is 0.341 e. The number of nitrogens with zero attached hydrogens (tertiary/aromatic N) is 1. The van der Waals surface area contributed by atoms with Gasteiger partial charge >= 0.3 is 5.97 Å². The first-order chi connectivity index (χ1) is 15.4. The fraction of sp³-hybridized carbons (Fsp3) is 0.160. The van der Waals surface area contributed by atoms with Gasteiger partial charge in [0.25, 0.3) is 11.7 Å². The van der Waals surface area contributed by atoms with Crippen molar-refractivity contribution in [2.75, 3.05) is 6.61 Å². The minimum Gasteiger partial charge on any atom is -0.481 e. The van der Waals surface area contributed by atoms with Gasteiger partial charge in [0, 0.05) is 17.6 Å². The molecule has 0 aliphatic heterocycles. The van der Waals surface area contributed by atoms with E-state index in [2.05, 4.69) is 6.08 Å². The van der Waals surface area contributed by atoms with Crippen molar-refractivity contribution in [3.05, 3.63) is 77.5 Å². The number of ketones is 1. The van der Waals surface area contributed by atoms with Gasteiger partial charge in [0.1, 0.15) is 5.75 Å². The summed E-state index contributed by atoms with van der Waals surface area (Å²) < 4.78 is 7.62. The normalized spacial score (nSPS) is 13.2. The smallest absolute Gasteiger partial charge is 0.341 e. The summed E-state index contributed by atoms with van der Waals surface area (Å²) in [6.07, 6.45) is 10.8. The second-order valence-corrected chi connectivity index (χ2v) is 7.55. The number of carboxylic acids is 1. The molecule has 1 aliphatic rings. The molecule has 4 rings (SSSR count). The zero-order valence-electron chi connectivity index (χ0n) is 17.5. The Morgan fingerprint density at radius 1 is 1.19 bits per heavy atom. The van der Waals surface area contributed by atoms with Crippen molar-refractivity contribution in [2.45, 2.75) is 19.9 Å². The Hall–Kier alpha value is -4.13. The number of nitrogens with two attached hydrogens (primary N) is 1. The predicted octanol–water partition coefficient (Wildman–Crippen LogP) is 3.68. The Bertz CT molecular complexity index is 1360. The molecule has 1 heterocycles. The maximum absolute atomic E-state index is 12.9. The molecule has 0 spiro atoms. The lowest BCUT2D eigenvalue weighted by atomic mass is 10.0. The lowest BCUT2D eigenvalue weighted by Crippen LogP contribution is -2.24. The third-order valence-electron chi connectivity index (χ3n) is 5.49. The van der Waals surface area contributed by atoms with Crippen LogP contribution in [0.5, 0.6) is 5.75 Å². The average molecular weight is 430 g/mol. The SMILES string of the molecule is Cc1c(C(=O)C(N)=O)c2c(OCC(=O)O)c3ccccc3cc2n1CC1=CCC=CC=C1. The average Bonchev–Trinajstić information content (AvgIpc) is 2.91. The molecule has 0 radical (unpaired) electrons. The molecular weight excluding hydrogens is 408 g/mol. The minimum absolute atomic E-state index is 0.134. The molecule has 162 valence electrons. The van der Waals surface area contributed by atoms with Crippen LogP contribution in [-0.2, 0) is 16.1 Å². The number of carbonyl (C=O) groups is 3. The molecule has 32 heavy (non-hydrogen) atoms. The highest BCUT2D eigenvalue weighted by molar-refractivity contribution is 6.45. The lowest BCUT2D eigenvalue weighted by Gasteiger charge is -2.13. The third kappa shape index (κ3) is 3.80. The monoisotopic (exact) mass is 430 g/mol. The maximum atomic E-state index is 12.9. The first-order valence-corrected chi connectivity index (χ1v) is 10.1. The molecule has 0 atom stereocenters. The van der Waals surface area contributed by atoms with Crippen LogP contribution in [0.1, 0.15) is 22.5 Å². The summed E-state index contributed by atoms with van der Waals surface area (Å²) in [5.74, 6) is -2.82. The van der Waals surface area contributed by atoms with E-state index in [0.29, 0.717) is 28.5 Å². The Morgan fingerprint density at radius 3 is 2.72 bits per heavy atom. The molecule has 1 aromatic heterocycles. The van der Waals surface area contributed by atoms with Crippen LogP contribution in [0, 0.1) is 6.92 Å². The molecule has 3 N–H and O–H groups in total. The van der Waals surface area contributed by atoms with Crippen LogP contribution in [0.4, 0.5) is 0 Å². The molecular formula is C25H22N2O5. The van der Waals surface area contributed by atoms with Crippen LogP contribution < -0.4 is 10.5 Å². The second kappa shape index (κ2) is 8.55. The summed E-state index contributed by atoms with van der Waals surface area (Å²) in [4.78, 5) is 36.0. The Balaban J connectivity index is 2.05. The topological polar surface area (TPSA) is 112 Å². The van der Waals surface area contributed by atoms with Gasteiger partial charge in [0.05, 0.1) is 16.5 Å². The molecule has 3 aromatic rings. The quantitative estimate of drug-likeness (QED) is 0.439. The molecule has 7 heteroatoms. The zero-order chi connectivity index (χ0) is 22.8. The Labute approximate surface area is 184 Å². The van der Waals surface area contributed by atoms with Crippen LogP contribution in [0.25, 0.3) is 21.7 Å². The lowest BCUT2D eigenvalue weighted by molar-refractivity contribution is -0.139. The van der Waals surface area contributed by atoms with E-state index in [1.807, 2.05) is 47.1 Å². The number of carboxylic acid groups (broad SMARTS) is 1. The van der Waals surface area contributed by atoms with Crippen molar-refractivity contribution in [3.63, 3.8) is 0 Å². The van der Waals surface area contributed by atoms with E-state index in [4.69, 9.17) is 10.5 Å². The zero-order valence-corrected chi connectivity index (χ0v) is 17.5. The third-order valence-corrected chi connectivity index (χ3v) is 5.49. The standard InChI is InChI=1S/C25H22N2O5/c1-15-21(23(30)25(26)31)22-19(27(15)13-16-8-4-2-3-5-9-16)12-17-10-6-7-11-18(17)24(22)32-14-20(28)29/h2-4,6-12H,5,13-14H2,1H3,(H2,26,31)(H,28,29). The van der Waals surface area contributed by atoms with Crippen LogP contribution in [0.3, 0.4) is 0 Å². The first-order valence-electron chi connectivity index (χ1n) is 10.1. The van der Waals surface area contributed by atoms with E-state index in [9.17, 15) is 19.5 Å². The Morgan fingerprint density at radius 2 is 1.97 bits per heavy atom. The number of primary amides is 1. The number of fused-ring (bicyclic) bond motifs is 2. The van der Waals surface area contributed by atoms with Gasteiger partial charge in [-0.15, -0.1) is 0 Å². The van der Waals surface area contributed by atoms with Crippen molar-refractivity contribution < 1.29 is 24.2 Å². The van der Waals surface area contributed by atoms with Crippen molar-refractivity contribution in [3.8, 4) is 5.75 Å². The van der Waals surface area contributed by atoms with Gasteiger partial charge in [-0.25, -0.2) is 4.79 Å². The molecule has 0 saturated heterocycles. The van der Waals surface area contributed by atoms with Crippen molar-refractivity contribution in [1.29, 1.82) is 0 Å². The number of rotatable bonds is 7. The highest BCUT2D eigenvalue weighted by atomic mass is 16.5. The molecule has 1 aliphatic carbocycles. The van der Waals surface area contributed by atoms with Gasteiger partial charge in [-0.05, 0) is 30.4 Å². The van der Waals surface area contributed by atoms with Gasteiger partial charge < -0.3 is 20.1 Å². The predicted molar refractivity (Wildman–Crippen MR) is 122 cm³/mol. The fourth-order valence-electron chi connectivity index (χ4n) is 4.06. The molecule has 7 nitrogen and oxygen atoms in total. The number of hydrogen-bond donors (Lipinski definition) is 2. The van der Waals surface area contributed by atoms with Crippen LogP contribution >= 0.6 is 0 Å². The van der Waals surface area contributed by atoms with Gasteiger partial charge in [0.2, 0.25) is 0 Å². The number of ether oxygens (including phenoxy) is 1. The number of Topliss-reactive ketones (excluding diaryl/α,β-unsaturated/α-hetero) is 1. The van der Waals surface area contributed by atoms with E-state index >= 15 is 0 Å². The number of allylic oxidation sites excluding steroid dienone is 6. The van der Waals surface area contributed by atoms with Crippen molar-refractivity contribution in [1.82, 2.24) is 4.57 Å². The highest BCUT2D eigenvalue weighted by Gasteiger charge is 2.27. The van der Waals surface area contributed by atoms with Crippen molar-refractivity contribution >= 4 is 39.3 Å². The van der Waals surface area contributed by atoms with Gasteiger partial charge in [-0.3, -0.25) is 9.59 Å². The van der Waals surface area contributed by atoms with E-state index in [1.165, 1.54) is 0 Å². The fourth-order valence-corrected chi connectivity index (χ4v) is 4.06. The van der Waals surface area contributed by atoms with Gasteiger partial charge in [-0.2, -0.15) is 0 Å². The summed E-state index contributed by atoms with van der Waals surface area (Å²) >= 11 is 0. The summed E-state index contributed by atoms with van der Waals surface area (Å²) in [6, 6.07) is 9.27. The van der Waals surface area contributed by atoms with Crippen LogP contribution in [0.15, 0.2) is 66.3 Å². The van der Waals surface area contributed by atoms with E-state index in [1.54, 1.807) is 19.1 Å². The molecule has 0 unspecified atom stereocenters. The van der Waals surface area contributed by atoms with Crippen LogP contribution in [-0.4, -0.2) is 33.9 Å².